The Hall–Kier alpha value is -2.22. The average Bonchev–Trinajstić information content (AvgIpc) is 2.78. The first-order valence-electron chi connectivity index (χ1n) is 11.9. The van der Waals surface area contributed by atoms with E-state index in [2.05, 4.69) is 40.3 Å². The summed E-state index contributed by atoms with van der Waals surface area (Å²) in [7, 11) is 1.80. The van der Waals surface area contributed by atoms with Crippen LogP contribution in [0, 0.1) is 6.92 Å². The first kappa shape index (κ1) is 23.0. The highest BCUT2D eigenvalue weighted by atomic mass is 16.5. The van der Waals surface area contributed by atoms with Crippen molar-refractivity contribution >= 4 is 22.6 Å². The standard InChI is InChI=1S/C25H37N5O2/c1-16-9-10-18-14-20(25(31)27-17(2)26)24(29-22(18)13-16)30-12-11-21(23(15-30)32-3)28-19-7-5-4-6-8-19/h9-10,13-14,17,19,21,23,28H,4-8,11-12,15,26H2,1-3H3,(H,27,31)/p+1. The van der Waals surface area contributed by atoms with Crippen LogP contribution in [-0.4, -0.2) is 60.5 Å². The third-order valence-corrected chi connectivity index (χ3v) is 6.76. The van der Waals surface area contributed by atoms with E-state index < -0.39 is 6.17 Å². The second-order valence-electron chi connectivity index (χ2n) is 9.39. The molecule has 1 saturated heterocycles. The fourth-order valence-corrected chi connectivity index (χ4v) is 5.07. The van der Waals surface area contributed by atoms with Gasteiger partial charge >= 0.3 is 5.90 Å². The predicted octanol–water partition coefficient (Wildman–Crippen LogP) is 2.84. The average molecular weight is 441 g/mol. The van der Waals surface area contributed by atoms with Crippen LogP contribution in [0.3, 0.4) is 0 Å². The van der Waals surface area contributed by atoms with Crippen molar-refractivity contribution in [2.75, 3.05) is 25.1 Å². The summed E-state index contributed by atoms with van der Waals surface area (Å²) >= 11 is 0. The SMILES string of the molecule is COC1CN(c2nc3cc(C)ccc3cc2/C([OH2+])=N/C(C)N)CCC1NC1CCCCC1. The number of aliphatic imine (C=N–C) groups is 1. The zero-order valence-corrected chi connectivity index (χ0v) is 19.6. The van der Waals surface area contributed by atoms with Gasteiger partial charge in [0.2, 0.25) is 0 Å². The van der Waals surface area contributed by atoms with Gasteiger partial charge in [-0.2, -0.15) is 4.99 Å². The molecule has 32 heavy (non-hydrogen) atoms. The minimum atomic E-state index is -0.429. The van der Waals surface area contributed by atoms with Crippen molar-refractivity contribution in [1.82, 2.24) is 10.3 Å². The summed E-state index contributed by atoms with van der Waals surface area (Å²) in [4.78, 5) is 11.6. The van der Waals surface area contributed by atoms with Crippen LogP contribution in [0.15, 0.2) is 29.3 Å². The number of anilines is 1. The highest BCUT2D eigenvalue weighted by Gasteiger charge is 2.33. The first-order valence-corrected chi connectivity index (χ1v) is 11.9. The molecule has 0 bridgehead atoms. The van der Waals surface area contributed by atoms with Gasteiger partial charge in [-0.05, 0) is 50.8 Å². The van der Waals surface area contributed by atoms with Crippen LogP contribution in [0.5, 0.6) is 0 Å². The van der Waals surface area contributed by atoms with Crippen LogP contribution in [0.1, 0.15) is 56.6 Å². The minimum absolute atomic E-state index is 0.0769. The topological polar surface area (TPSA) is 98.7 Å². The monoisotopic (exact) mass is 440 g/mol. The van der Waals surface area contributed by atoms with Gasteiger partial charge in [-0.1, -0.05) is 31.4 Å². The Kier molecular flexibility index (Phi) is 7.28. The molecule has 2 heterocycles. The Balaban J connectivity index is 1.62. The summed E-state index contributed by atoms with van der Waals surface area (Å²) < 4.78 is 5.94. The third-order valence-electron chi connectivity index (χ3n) is 6.76. The fraction of sp³-hybridized carbons (Fsp3) is 0.600. The first-order chi connectivity index (χ1) is 15.4. The number of methoxy groups -OCH3 is 1. The van der Waals surface area contributed by atoms with E-state index in [-0.39, 0.29) is 12.0 Å². The number of fused-ring (bicyclic) bond motifs is 1. The third kappa shape index (κ3) is 5.22. The number of pyridine rings is 1. The molecule has 1 aliphatic carbocycles. The number of piperidine rings is 1. The summed E-state index contributed by atoms with van der Waals surface area (Å²) in [5.41, 5.74) is 8.71. The van der Waals surface area contributed by atoms with E-state index in [9.17, 15) is 0 Å². The highest BCUT2D eigenvalue weighted by Crippen LogP contribution is 2.29. The van der Waals surface area contributed by atoms with Crippen molar-refractivity contribution < 1.29 is 9.84 Å². The number of nitrogens with two attached hydrogens (primary N) is 1. The summed E-state index contributed by atoms with van der Waals surface area (Å²) in [6.45, 7) is 5.47. The summed E-state index contributed by atoms with van der Waals surface area (Å²) in [5, 5.41) is 13.5. The normalized spacial score (nSPS) is 24.1. The smallest absolute Gasteiger partial charge is 0.365 e. The van der Waals surface area contributed by atoms with Gasteiger partial charge in [0, 0.05) is 37.7 Å². The second-order valence-corrected chi connectivity index (χ2v) is 9.39. The largest absolute Gasteiger partial charge is 0.578 e. The van der Waals surface area contributed by atoms with Gasteiger partial charge in [0.25, 0.3) is 0 Å². The zero-order valence-electron chi connectivity index (χ0n) is 19.6. The molecule has 0 amide bonds. The second kappa shape index (κ2) is 10.1. The van der Waals surface area contributed by atoms with Gasteiger partial charge in [0.05, 0.1) is 11.6 Å². The summed E-state index contributed by atoms with van der Waals surface area (Å²) in [6.07, 6.45) is 7.17. The lowest BCUT2D eigenvalue weighted by Gasteiger charge is -2.41. The molecule has 1 saturated carbocycles. The molecule has 1 aromatic carbocycles. The molecule has 2 aliphatic rings. The van der Waals surface area contributed by atoms with Crippen molar-refractivity contribution in [1.29, 1.82) is 0 Å². The predicted molar refractivity (Wildman–Crippen MR) is 132 cm³/mol. The fourth-order valence-electron chi connectivity index (χ4n) is 5.07. The molecule has 3 atom stereocenters. The molecular weight excluding hydrogens is 402 g/mol. The summed E-state index contributed by atoms with van der Waals surface area (Å²) in [5.74, 6) is 0.983. The van der Waals surface area contributed by atoms with Gasteiger partial charge in [-0.25, -0.2) is 4.98 Å². The quantitative estimate of drug-likeness (QED) is 0.409. The maximum absolute atomic E-state index is 8.58. The van der Waals surface area contributed by atoms with Crippen LogP contribution in [0.25, 0.3) is 10.9 Å². The van der Waals surface area contributed by atoms with Gasteiger partial charge in [0.1, 0.15) is 17.5 Å². The number of ether oxygens (including phenoxy) is 1. The van der Waals surface area contributed by atoms with E-state index in [4.69, 9.17) is 20.6 Å². The van der Waals surface area contributed by atoms with Crippen molar-refractivity contribution in [3.63, 3.8) is 0 Å². The van der Waals surface area contributed by atoms with Gasteiger partial charge in [-0.3, -0.25) is 0 Å². The number of aromatic nitrogens is 1. The highest BCUT2D eigenvalue weighted by molar-refractivity contribution is 6.01. The van der Waals surface area contributed by atoms with Crippen molar-refractivity contribution in [3.8, 4) is 0 Å². The van der Waals surface area contributed by atoms with E-state index in [1.807, 2.05) is 6.07 Å². The molecule has 7 heteroatoms. The number of aryl methyl sites for hydroxylation is 1. The lowest BCUT2D eigenvalue weighted by molar-refractivity contribution is 0.0534. The Labute approximate surface area is 191 Å². The molecule has 0 spiro atoms. The Morgan fingerprint density at radius 3 is 2.75 bits per heavy atom. The van der Waals surface area contributed by atoms with Crippen LogP contribution in [-0.2, 0) is 4.74 Å². The van der Waals surface area contributed by atoms with Crippen molar-refractivity contribution in [3.05, 3.63) is 35.4 Å². The van der Waals surface area contributed by atoms with E-state index in [1.54, 1.807) is 14.0 Å². The van der Waals surface area contributed by atoms with Crippen LogP contribution < -0.4 is 16.0 Å². The molecule has 7 nitrogen and oxygen atoms in total. The molecule has 174 valence electrons. The number of benzene rings is 1. The van der Waals surface area contributed by atoms with E-state index in [0.717, 1.165) is 41.8 Å². The van der Waals surface area contributed by atoms with E-state index in [1.165, 1.54) is 37.7 Å². The number of rotatable bonds is 6. The Bertz CT molecular complexity index is 955. The van der Waals surface area contributed by atoms with Gasteiger partial charge in [0.15, 0.2) is 0 Å². The number of nitrogens with zero attached hydrogens (tertiary/aromatic N) is 3. The zero-order chi connectivity index (χ0) is 22.7. The number of hydrogen-bond acceptors (Lipinski definition) is 6. The lowest BCUT2D eigenvalue weighted by atomic mass is 9.92. The van der Waals surface area contributed by atoms with Crippen LogP contribution in [0.2, 0.25) is 0 Å². The maximum atomic E-state index is 8.58. The molecular formula is C25H38N5O2+. The summed E-state index contributed by atoms with van der Waals surface area (Å²) in [6, 6.07) is 9.21. The van der Waals surface area contributed by atoms with Gasteiger partial charge < -0.3 is 25.8 Å². The molecule has 4 rings (SSSR count). The molecule has 5 N–H and O–H groups in total. The molecule has 2 fully saturated rings. The van der Waals surface area contributed by atoms with Crippen molar-refractivity contribution in [2.45, 2.75) is 76.7 Å². The van der Waals surface area contributed by atoms with Crippen LogP contribution >= 0.6 is 0 Å². The maximum Gasteiger partial charge on any atom is 0.365 e. The van der Waals surface area contributed by atoms with E-state index in [0.29, 0.717) is 12.1 Å². The Morgan fingerprint density at radius 1 is 1.25 bits per heavy atom. The molecule has 3 unspecified atom stereocenters. The van der Waals surface area contributed by atoms with E-state index >= 15 is 0 Å². The van der Waals surface area contributed by atoms with Gasteiger partial charge in [-0.15, -0.1) is 0 Å². The minimum Gasteiger partial charge on any atom is -0.578 e. The molecule has 0 radical (unpaired) electrons. The van der Waals surface area contributed by atoms with Crippen molar-refractivity contribution in [2.24, 2.45) is 10.7 Å². The number of hydrogen-bond donors (Lipinski definition) is 2. The lowest BCUT2D eigenvalue weighted by Crippen LogP contribution is -2.56. The molecule has 1 aromatic heterocycles. The van der Waals surface area contributed by atoms with Crippen LogP contribution in [0.4, 0.5) is 5.82 Å². The molecule has 1 aliphatic heterocycles. The molecule has 2 aromatic rings. The Morgan fingerprint density at radius 2 is 2.03 bits per heavy atom. The number of nitrogens with one attached hydrogen (secondary N) is 1.